The lowest BCUT2D eigenvalue weighted by Crippen LogP contribution is -2.47. The molecule has 1 heterocycles. The molecule has 0 atom stereocenters. The van der Waals surface area contributed by atoms with Crippen LogP contribution in [0.25, 0.3) is 0 Å². The largest absolute Gasteiger partial charge is 0.376 e. The van der Waals surface area contributed by atoms with Crippen LogP contribution in [0, 0.1) is 0 Å². The van der Waals surface area contributed by atoms with E-state index in [1.807, 2.05) is 30.3 Å². The van der Waals surface area contributed by atoms with Crippen molar-refractivity contribution >= 4 is 15.2 Å². The summed E-state index contributed by atoms with van der Waals surface area (Å²) in [5.41, 5.74) is 1.96. The summed E-state index contributed by atoms with van der Waals surface area (Å²) in [5.74, 6) is 0. The van der Waals surface area contributed by atoms with Crippen molar-refractivity contribution in [3.63, 3.8) is 0 Å². The molecule has 1 aromatic carbocycles. The molecular formula is C14H18NO7P2+. The normalized spacial score (nSPS) is 13.0. The van der Waals surface area contributed by atoms with E-state index in [4.69, 9.17) is 19.6 Å². The van der Waals surface area contributed by atoms with Crippen molar-refractivity contribution in [1.29, 1.82) is 0 Å². The quantitative estimate of drug-likeness (QED) is 0.368. The highest BCUT2D eigenvalue weighted by molar-refractivity contribution is 7.72. The molecule has 5 N–H and O–H groups in total. The summed E-state index contributed by atoms with van der Waals surface area (Å²) in [5, 5.41) is 6.43. The molecule has 0 spiro atoms. The van der Waals surface area contributed by atoms with Crippen LogP contribution in [0.2, 0.25) is 0 Å². The maximum absolute atomic E-state index is 11.4. The van der Waals surface area contributed by atoms with Crippen LogP contribution < -0.4 is 4.57 Å². The third-order valence-electron chi connectivity index (χ3n) is 3.54. The van der Waals surface area contributed by atoms with Crippen LogP contribution >= 0.6 is 15.2 Å². The summed E-state index contributed by atoms with van der Waals surface area (Å²) in [4.78, 5) is 36.6. The van der Waals surface area contributed by atoms with E-state index in [-0.39, 0.29) is 0 Å². The van der Waals surface area contributed by atoms with E-state index in [9.17, 15) is 14.2 Å². The van der Waals surface area contributed by atoms with Gasteiger partial charge in [0, 0.05) is 12.1 Å². The van der Waals surface area contributed by atoms with Crippen LogP contribution in [0.3, 0.4) is 0 Å². The van der Waals surface area contributed by atoms with Crippen molar-refractivity contribution in [2.24, 2.45) is 0 Å². The lowest BCUT2D eigenvalue weighted by molar-refractivity contribution is -0.703. The Morgan fingerprint density at radius 1 is 0.833 bits per heavy atom. The number of rotatable bonds is 6. The second-order valence-electron chi connectivity index (χ2n) is 5.40. The van der Waals surface area contributed by atoms with E-state index in [1.165, 1.54) is 12.4 Å². The van der Waals surface area contributed by atoms with Crippen LogP contribution in [0.5, 0.6) is 0 Å². The van der Waals surface area contributed by atoms with Crippen LogP contribution in [0.15, 0.2) is 54.9 Å². The topological polar surface area (TPSA) is 139 Å². The number of aromatic nitrogens is 1. The summed E-state index contributed by atoms with van der Waals surface area (Å²) in [6, 6.07) is 12.9. The Kier molecular flexibility index (Phi) is 5.42. The average Bonchev–Trinajstić information content (AvgIpc) is 2.48. The zero-order chi connectivity index (χ0) is 18.0. The number of pyridine rings is 1. The smallest absolute Gasteiger partial charge is 0.363 e. The van der Waals surface area contributed by atoms with Crippen molar-refractivity contribution in [2.75, 3.05) is 0 Å². The maximum atomic E-state index is 11.4. The number of hydrogen-bond donors (Lipinski definition) is 5. The highest BCUT2D eigenvalue weighted by atomic mass is 31.2. The molecule has 10 heteroatoms. The van der Waals surface area contributed by atoms with Crippen molar-refractivity contribution in [3.05, 3.63) is 66.0 Å². The zero-order valence-electron chi connectivity index (χ0n) is 12.5. The summed E-state index contributed by atoms with van der Waals surface area (Å²) in [6.07, 6.45) is 3.42. The van der Waals surface area contributed by atoms with Crippen LogP contribution in [-0.2, 0) is 22.1 Å². The van der Waals surface area contributed by atoms with Gasteiger partial charge in [-0.15, -0.1) is 0 Å². The Labute approximate surface area is 138 Å². The molecule has 2 aromatic rings. The van der Waals surface area contributed by atoms with E-state index in [1.54, 1.807) is 12.1 Å². The third kappa shape index (κ3) is 4.18. The SMILES string of the molecule is O=P(O)(O)C(O)(C[n+]1ccc(Cc2ccccc2)cc1)P(=O)(O)O. The highest BCUT2D eigenvalue weighted by Gasteiger charge is 2.62. The molecule has 1 aromatic heterocycles. The van der Waals surface area contributed by atoms with Gasteiger partial charge in [0.05, 0.1) is 0 Å². The minimum Gasteiger partial charge on any atom is -0.363 e. The van der Waals surface area contributed by atoms with Gasteiger partial charge in [0.2, 0.25) is 6.54 Å². The first-order valence-electron chi connectivity index (χ1n) is 6.88. The fraction of sp³-hybridized carbons (Fsp3) is 0.214. The van der Waals surface area contributed by atoms with Gasteiger partial charge in [-0.25, -0.2) is 4.57 Å². The molecule has 0 aliphatic heterocycles. The van der Waals surface area contributed by atoms with Crippen molar-refractivity contribution in [1.82, 2.24) is 0 Å². The molecule has 0 saturated carbocycles. The standard InChI is InChI=1S/C14H17NO7P2/c16-14(23(17,18)19,24(20,21)22)11-15-8-6-13(7-9-15)10-12-4-2-1-3-5-12/h1-9,16H,10-11H2,(H3-,17,18,19,20,21,22)/p+1. The number of aliphatic hydroxyl groups is 1. The summed E-state index contributed by atoms with van der Waals surface area (Å²) >= 11 is 0. The van der Waals surface area contributed by atoms with Crippen LogP contribution in [0.4, 0.5) is 0 Å². The first-order valence-corrected chi connectivity index (χ1v) is 10.1. The molecule has 130 valence electrons. The molecule has 0 amide bonds. The molecule has 2 rings (SSSR count). The molecule has 8 nitrogen and oxygen atoms in total. The fourth-order valence-corrected chi connectivity index (χ4v) is 4.19. The molecule has 24 heavy (non-hydrogen) atoms. The molecular weight excluding hydrogens is 356 g/mol. The van der Waals surface area contributed by atoms with Gasteiger partial charge in [-0.3, -0.25) is 9.13 Å². The Hall–Kier alpha value is -1.37. The van der Waals surface area contributed by atoms with E-state index >= 15 is 0 Å². The zero-order valence-corrected chi connectivity index (χ0v) is 14.3. The average molecular weight is 374 g/mol. The van der Waals surface area contributed by atoms with Gasteiger partial charge >= 0.3 is 20.3 Å². The predicted molar refractivity (Wildman–Crippen MR) is 84.9 cm³/mol. The number of hydrogen-bond acceptors (Lipinski definition) is 3. The molecule has 0 aliphatic rings. The minimum atomic E-state index is -5.47. The Bertz CT molecular complexity index is 761. The van der Waals surface area contributed by atoms with E-state index in [2.05, 4.69) is 0 Å². The van der Waals surface area contributed by atoms with E-state index in [0.29, 0.717) is 6.42 Å². The molecule has 0 unspecified atom stereocenters. The van der Waals surface area contributed by atoms with Gasteiger partial charge in [0.25, 0.3) is 0 Å². The summed E-state index contributed by atoms with van der Waals surface area (Å²) in [7, 11) is -10.9. The predicted octanol–water partition coefficient (Wildman–Crippen LogP) is 0.566. The first-order chi connectivity index (χ1) is 11.0. The second kappa shape index (κ2) is 6.86. The first kappa shape index (κ1) is 19.0. The fourth-order valence-electron chi connectivity index (χ4n) is 2.14. The minimum absolute atomic E-state index is 0.628. The Morgan fingerprint density at radius 3 is 1.75 bits per heavy atom. The molecule has 0 saturated heterocycles. The lowest BCUT2D eigenvalue weighted by atomic mass is 10.1. The van der Waals surface area contributed by atoms with Gasteiger partial charge < -0.3 is 24.7 Å². The van der Waals surface area contributed by atoms with Gasteiger partial charge in [0.15, 0.2) is 12.4 Å². The Morgan fingerprint density at radius 2 is 1.29 bits per heavy atom. The van der Waals surface area contributed by atoms with Crippen LogP contribution in [-0.4, -0.2) is 29.8 Å². The van der Waals surface area contributed by atoms with Gasteiger partial charge in [-0.2, -0.15) is 0 Å². The summed E-state index contributed by atoms with van der Waals surface area (Å²) < 4.78 is 23.8. The monoisotopic (exact) mass is 374 g/mol. The lowest BCUT2D eigenvalue weighted by Gasteiger charge is -2.26. The second-order valence-corrected chi connectivity index (χ2v) is 9.41. The molecule has 0 radical (unpaired) electrons. The number of nitrogens with zero attached hydrogens (tertiary/aromatic N) is 1. The third-order valence-corrected chi connectivity index (χ3v) is 7.25. The molecule has 0 fully saturated rings. The van der Waals surface area contributed by atoms with Crippen molar-refractivity contribution in [2.45, 2.75) is 18.0 Å². The molecule has 0 bridgehead atoms. The maximum Gasteiger partial charge on any atom is 0.376 e. The van der Waals surface area contributed by atoms with Gasteiger partial charge in [0.1, 0.15) is 0 Å². The summed E-state index contributed by atoms with van der Waals surface area (Å²) in [6.45, 7) is -0.937. The van der Waals surface area contributed by atoms with Crippen LogP contribution in [0.1, 0.15) is 11.1 Å². The van der Waals surface area contributed by atoms with E-state index < -0.39 is 26.8 Å². The van der Waals surface area contributed by atoms with Gasteiger partial charge in [-0.1, -0.05) is 30.3 Å². The van der Waals surface area contributed by atoms with E-state index in [0.717, 1.165) is 15.7 Å². The molecule has 0 aliphatic carbocycles. The van der Waals surface area contributed by atoms with Crippen molar-refractivity contribution < 1.29 is 38.4 Å². The Balaban J connectivity index is 2.21. The van der Waals surface area contributed by atoms with Crippen molar-refractivity contribution in [3.8, 4) is 0 Å². The van der Waals surface area contributed by atoms with Gasteiger partial charge in [-0.05, 0) is 17.5 Å². The number of benzene rings is 1. The highest BCUT2D eigenvalue weighted by Crippen LogP contribution is 2.67.